The van der Waals surface area contributed by atoms with Gasteiger partial charge in [-0.2, -0.15) is 9.37 Å². The van der Waals surface area contributed by atoms with Gasteiger partial charge in [-0.05, 0) is 25.8 Å². The quantitative estimate of drug-likeness (QED) is 0.548. The minimum atomic E-state index is -1.23. The molecule has 0 radical (unpaired) electrons. The van der Waals surface area contributed by atoms with Crippen molar-refractivity contribution in [3.05, 3.63) is 39.3 Å². The van der Waals surface area contributed by atoms with E-state index < -0.39 is 39.5 Å². The van der Waals surface area contributed by atoms with E-state index >= 15 is 0 Å². The van der Waals surface area contributed by atoms with Crippen LogP contribution in [0.4, 0.5) is 19.3 Å². The third-order valence-corrected chi connectivity index (χ3v) is 4.50. The summed E-state index contributed by atoms with van der Waals surface area (Å²) < 4.78 is 38.3. The van der Waals surface area contributed by atoms with Crippen LogP contribution in [-0.4, -0.2) is 46.3 Å². The maximum atomic E-state index is 14.5. The van der Waals surface area contributed by atoms with Crippen LogP contribution in [0, 0.1) is 28.7 Å². The molecule has 158 valence electrons. The maximum absolute atomic E-state index is 14.5. The SMILES string of the molecule is CC.COC(=O)N1CCC[C@H](c2nc(-c3cc(F)c(C)c([N+](=O)[O-])c3F)no2)C1. The van der Waals surface area contributed by atoms with Gasteiger partial charge in [0.1, 0.15) is 5.82 Å². The van der Waals surface area contributed by atoms with Crippen molar-refractivity contribution in [2.75, 3.05) is 20.2 Å². The number of ether oxygens (including phenoxy) is 1. The first-order chi connectivity index (χ1) is 13.8. The highest BCUT2D eigenvalue weighted by Gasteiger charge is 2.31. The summed E-state index contributed by atoms with van der Waals surface area (Å²) in [5.41, 5.74) is -1.84. The van der Waals surface area contributed by atoms with Crippen molar-refractivity contribution in [1.82, 2.24) is 15.0 Å². The van der Waals surface area contributed by atoms with Crippen molar-refractivity contribution in [2.24, 2.45) is 0 Å². The second-order valence-corrected chi connectivity index (χ2v) is 6.16. The number of carbonyl (C=O) groups is 1. The first-order valence-corrected chi connectivity index (χ1v) is 9.13. The lowest BCUT2D eigenvalue weighted by atomic mass is 9.98. The minimum Gasteiger partial charge on any atom is -0.453 e. The number of piperidine rings is 1. The molecule has 1 aliphatic rings. The number of aromatic nitrogens is 2. The van der Waals surface area contributed by atoms with Crippen LogP contribution in [0.15, 0.2) is 10.6 Å². The van der Waals surface area contributed by atoms with E-state index in [9.17, 15) is 23.7 Å². The van der Waals surface area contributed by atoms with Crippen LogP contribution in [0.2, 0.25) is 0 Å². The Kier molecular flexibility index (Phi) is 7.18. The average molecular weight is 412 g/mol. The predicted octanol–water partition coefficient (Wildman–Crippen LogP) is 4.20. The summed E-state index contributed by atoms with van der Waals surface area (Å²) in [6, 6.07) is 0.800. The number of halogens is 2. The van der Waals surface area contributed by atoms with Crippen molar-refractivity contribution in [3.8, 4) is 11.4 Å². The van der Waals surface area contributed by atoms with E-state index in [2.05, 4.69) is 14.9 Å². The van der Waals surface area contributed by atoms with Gasteiger partial charge in [-0.15, -0.1) is 0 Å². The molecule has 0 unspecified atom stereocenters. The third kappa shape index (κ3) is 4.49. The van der Waals surface area contributed by atoms with Crippen LogP contribution in [0.1, 0.15) is 44.1 Å². The van der Waals surface area contributed by atoms with Gasteiger partial charge in [-0.3, -0.25) is 10.1 Å². The summed E-state index contributed by atoms with van der Waals surface area (Å²) in [7, 11) is 1.28. The van der Waals surface area contributed by atoms with Crippen LogP contribution >= 0.6 is 0 Å². The lowest BCUT2D eigenvalue weighted by molar-refractivity contribution is -0.388. The van der Waals surface area contributed by atoms with Crippen molar-refractivity contribution >= 4 is 11.8 Å². The first kappa shape index (κ1) is 22.2. The smallest absolute Gasteiger partial charge is 0.409 e. The fraction of sp³-hybridized carbons (Fsp3) is 0.500. The number of hydrogen-bond donors (Lipinski definition) is 0. The zero-order valence-electron chi connectivity index (χ0n) is 16.6. The summed E-state index contributed by atoms with van der Waals surface area (Å²) in [4.78, 5) is 27.3. The number of nitrogens with zero attached hydrogens (tertiary/aromatic N) is 4. The van der Waals surface area contributed by atoms with Crippen molar-refractivity contribution in [2.45, 2.75) is 39.5 Å². The van der Waals surface area contributed by atoms with Gasteiger partial charge in [0.15, 0.2) is 0 Å². The molecule has 2 aromatic rings. The zero-order chi connectivity index (χ0) is 21.7. The molecule has 11 heteroatoms. The molecule has 3 rings (SSSR count). The predicted molar refractivity (Wildman–Crippen MR) is 98.3 cm³/mol. The highest BCUT2D eigenvalue weighted by Crippen LogP contribution is 2.34. The molecule has 1 amide bonds. The lowest BCUT2D eigenvalue weighted by Crippen LogP contribution is -2.39. The van der Waals surface area contributed by atoms with Crippen molar-refractivity contribution in [3.63, 3.8) is 0 Å². The number of methoxy groups -OCH3 is 1. The van der Waals surface area contributed by atoms with Gasteiger partial charge in [-0.1, -0.05) is 19.0 Å². The highest BCUT2D eigenvalue weighted by molar-refractivity contribution is 5.67. The van der Waals surface area contributed by atoms with Crippen LogP contribution in [0.25, 0.3) is 11.4 Å². The molecule has 1 fully saturated rings. The molecule has 29 heavy (non-hydrogen) atoms. The Morgan fingerprint density at radius 2 is 2.10 bits per heavy atom. The number of likely N-dealkylation sites (tertiary alicyclic amines) is 1. The Morgan fingerprint density at radius 3 is 2.72 bits per heavy atom. The van der Waals surface area contributed by atoms with E-state index in [1.54, 1.807) is 0 Å². The van der Waals surface area contributed by atoms with Gasteiger partial charge < -0.3 is 14.2 Å². The molecule has 0 aliphatic carbocycles. The standard InChI is InChI=1S/C16H16F2N4O5.C2H6/c1-8-11(17)6-10(12(18)13(8)22(24)25)14-19-15(27-20-14)9-4-3-5-21(7-9)16(23)26-2;1-2/h6,9H,3-5,7H2,1-2H3;1-2H3/t9-;/m0./s1. The summed E-state index contributed by atoms with van der Waals surface area (Å²) in [5.74, 6) is -2.63. The van der Waals surface area contributed by atoms with Crippen LogP contribution in [-0.2, 0) is 4.74 Å². The number of rotatable bonds is 3. The van der Waals surface area contributed by atoms with Crippen LogP contribution < -0.4 is 0 Å². The fourth-order valence-electron chi connectivity index (χ4n) is 3.07. The molecule has 1 aliphatic heterocycles. The highest BCUT2D eigenvalue weighted by atomic mass is 19.1. The van der Waals surface area contributed by atoms with Crippen molar-refractivity contribution < 1.29 is 27.8 Å². The summed E-state index contributed by atoms with van der Waals surface area (Å²) in [6.45, 7) is 5.92. The number of nitro benzene ring substituents is 1. The van der Waals surface area contributed by atoms with E-state index in [1.165, 1.54) is 12.0 Å². The summed E-state index contributed by atoms with van der Waals surface area (Å²) in [6.07, 6.45) is 0.845. The molecule has 1 atom stereocenters. The van der Waals surface area contributed by atoms with Gasteiger partial charge in [0, 0.05) is 13.1 Å². The first-order valence-electron chi connectivity index (χ1n) is 9.13. The molecule has 1 aromatic carbocycles. The zero-order valence-corrected chi connectivity index (χ0v) is 16.6. The Hall–Kier alpha value is -3.11. The second-order valence-electron chi connectivity index (χ2n) is 6.16. The largest absolute Gasteiger partial charge is 0.453 e. The summed E-state index contributed by atoms with van der Waals surface area (Å²) in [5, 5.41) is 14.7. The fourth-order valence-corrected chi connectivity index (χ4v) is 3.07. The Morgan fingerprint density at radius 1 is 1.41 bits per heavy atom. The Labute approximate surface area is 165 Å². The van der Waals surface area contributed by atoms with E-state index in [4.69, 9.17) is 4.52 Å². The van der Waals surface area contributed by atoms with E-state index in [0.717, 1.165) is 13.0 Å². The molecule has 0 saturated carbocycles. The number of amides is 1. The average Bonchev–Trinajstić information content (AvgIpc) is 3.21. The molecule has 2 heterocycles. The molecule has 0 bridgehead atoms. The molecule has 9 nitrogen and oxygen atoms in total. The third-order valence-electron chi connectivity index (χ3n) is 4.50. The van der Waals surface area contributed by atoms with E-state index in [-0.39, 0.29) is 24.2 Å². The monoisotopic (exact) mass is 412 g/mol. The number of benzene rings is 1. The summed E-state index contributed by atoms with van der Waals surface area (Å²) >= 11 is 0. The van der Waals surface area contributed by atoms with Crippen molar-refractivity contribution in [1.29, 1.82) is 0 Å². The Bertz CT molecular complexity index is 903. The molecule has 1 aromatic heterocycles. The molecular formula is C18H22F2N4O5. The Balaban J connectivity index is 0.00000145. The van der Waals surface area contributed by atoms with Crippen LogP contribution in [0.5, 0.6) is 0 Å². The van der Waals surface area contributed by atoms with E-state index in [0.29, 0.717) is 19.4 Å². The molecule has 1 saturated heterocycles. The van der Waals surface area contributed by atoms with Gasteiger partial charge in [0.25, 0.3) is 0 Å². The maximum Gasteiger partial charge on any atom is 0.409 e. The molecule has 0 spiro atoms. The van der Waals surface area contributed by atoms with E-state index in [1.807, 2.05) is 13.8 Å². The topological polar surface area (TPSA) is 112 Å². The molecular weight excluding hydrogens is 390 g/mol. The normalized spacial score (nSPS) is 16.1. The minimum absolute atomic E-state index is 0.140. The number of nitro groups is 1. The number of hydrogen-bond acceptors (Lipinski definition) is 7. The van der Waals surface area contributed by atoms with Gasteiger partial charge in [0.2, 0.25) is 17.5 Å². The van der Waals surface area contributed by atoms with Gasteiger partial charge in [0.05, 0.1) is 29.1 Å². The lowest BCUT2D eigenvalue weighted by Gasteiger charge is -2.29. The second kappa shape index (κ2) is 9.39. The van der Waals surface area contributed by atoms with Gasteiger partial charge in [-0.25, -0.2) is 9.18 Å². The van der Waals surface area contributed by atoms with Crippen LogP contribution in [0.3, 0.4) is 0 Å². The number of carbonyl (C=O) groups excluding carboxylic acids is 1. The molecule has 0 N–H and O–H groups in total. The van der Waals surface area contributed by atoms with Gasteiger partial charge >= 0.3 is 11.8 Å².